The average Bonchev–Trinajstić information content (AvgIpc) is 3.19. The maximum atomic E-state index is 12.6. The molecule has 0 spiro atoms. The first kappa shape index (κ1) is 20.4. The molecule has 0 aliphatic heterocycles. The van der Waals surface area contributed by atoms with Crippen LogP contribution in [0.5, 0.6) is 0 Å². The first-order chi connectivity index (χ1) is 14.6. The van der Waals surface area contributed by atoms with Crippen LogP contribution in [0.25, 0.3) is 16.7 Å². The first-order valence-electron chi connectivity index (χ1n) is 9.52. The largest absolute Gasteiger partial charge is 0.325 e. The Morgan fingerprint density at radius 2 is 1.97 bits per heavy atom. The highest BCUT2D eigenvalue weighted by Gasteiger charge is 2.14. The number of rotatable bonds is 6. The number of halogens is 1. The fraction of sp³-hybridized carbons (Fsp3) is 0.182. The third-order valence-electron chi connectivity index (χ3n) is 4.74. The normalized spacial score (nSPS) is 11.0. The maximum absolute atomic E-state index is 12.6. The lowest BCUT2D eigenvalue weighted by molar-refractivity contribution is -0.113. The number of carbonyl (C=O) groups excluding carboxylic acids is 1. The topological polar surface area (TPSA) is 72.7 Å². The molecule has 0 radical (unpaired) electrons. The van der Waals surface area contributed by atoms with Gasteiger partial charge in [0.25, 0.3) is 0 Å². The number of para-hydroxylation sites is 1. The van der Waals surface area contributed by atoms with Gasteiger partial charge in [0.05, 0.1) is 23.0 Å². The van der Waals surface area contributed by atoms with Crippen LogP contribution in [0.3, 0.4) is 0 Å². The molecule has 0 aliphatic rings. The zero-order valence-electron chi connectivity index (χ0n) is 16.6. The minimum atomic E-state index is -0.0687. The Kier molecular flexibility index (Phi) is 6.01. The van der Waals surface area contributed by atoms with Gasteiger partial charge in [-0.3, -0.25) is 4.79 Å². The maximum Gasteiger partial charge on any atom is 0.234 e. The fourth-order valence-electron chi connectivity index (χ4n) is 3.22. The highest BCUT2D eigenvalue weighted by molar-refractivity contribution is 8.00. The van der Waals surface area contributed by atoms with Crippen molar-refractivity contribution in [2.75, 3.05) is 11.1 Å². The van der Waals surface area contributed by atoms with Gasteiger partial charge in [0.15, 0.2) is 5.65 Å². The molecule has 0 atom stereocenters. The van der Waals surface area contributed by atoms with Gasteiger partial charge in [-0.25, -0.2) is 14.6 Å². The van der Waals surface area contributed by atoms with Crippen LogP contribution in [0, 0.1) is 6.92 Å². The van der Waals surface area contributed by atoms with E-state index in [2.05, 4.69) is 27.3 Å². The van der Waals surface area contributed by atoms with Gasteiger partial charge in [-0.1, -0.05) is 48.5 Å². The van der Waals surface area contributed by atoms with Crippen LogP contribution in [-0.2, 0) is 11.2 Å². The molecule has 0 saturated heterocycles. The Labute approximate surface area is 183 Å². The van der Waals surface area contributed by atoms with Crippen molar-refractivity contribution in [1.82, 2.24) is 19.7 Å². The van der Waals surface area contributed by atoms with Crippen LogP contribution in [0.2, 0.25) is 5.02 Å². The molecule has 8 heteroatoms. The molecular formula is C22H20ClN5OS. The molecule has 0 unspecified atom stereocenters. The number of anilines is 1. The van der Waals surface area contributed by atoms with Gasteiger partial charge >= 0.3 is 0 Å². The SMILES string of the molecule is CCc1cccc(C)c1NC(=O)CSc1ncnc2c1cnn2-c1ccc(Cl)cc1. The highest BCUT2D eigenvalue weighted by atomic mass is 35.5. The van der Waals surface area contributed by atoms with Gasteiger partial charge in [-0.2, -0.15) is 5.10 Å². The van der Waals surface area contributed by atoms with Crippen LogP contribution in [-0.4, -0.2) is 31.4 Å². The average molecular weight is 438 g/mol. The summed E-state index contributed by atoms with van der Waals surface area (Å²) >= 11 is 7.35. The Balaban J connectivity index is 1.52. The number of fused-ring (bicyclic) bond motifs is 1. The van der Waals surface area contributed by atoms with Gasteiger partial charge in [0.1, 0.15) is 11.4 Å². The van der Waals surface area contributed by atoms with Crippen molar-refractivity contribution in [1.29, 1.82) is 0 Å². The quantitative estimate of drug-likeness (QED) is 0.336. The van der Waals surface area contributed by atoms with Crippen LogP contribution in [0.15, 0.2) is 60.0 Å². The molecule has 0 saturated carbocycles. The van der Waals surface area contributed by atoms with E-state index in [0.717, 1.165) is 39.3 Å². The molecule has 2 aromatic carbocycles. The molecule has 0 fully saturated rings. The predicted molar refractivity (Wildman–Crippen MR) is 122 cm³/mol. The summed E-state index contributed by atoms with van der Waals surface area (Å²) in [6.45, 7) is 4.08. The van der Waals surface area contributed by atoms with E-state index < -0.39 is 0 Å². The van der Waals surface area contributed by atoms with Crippen LogP contribution >= 0.6 is 23.4 Å². The van der Waals surface area contributed by atoms with Crippen LogP contribution in [0.1, 0.15) is 18.1 Å². The number of aromatic nitrogens is 4. The molecule has 30 heavy (non-hydrogen) atoms. The molecule has 0 bridgehead atoms. The first-order valence-corrected chi connectivity index (χ1v) is 10.9. The number of nitrogens with zero attached hydrogens (tertiary/aromatic N) is 4. The molecule has 152 valence electrons. The molecule has 4 rings (SSSR count). The number of benzene rings is 2. The number of hydrogen-bond acceptors (Lipinski definition) is 5. The number of amides is 1. The molecule has 2 aromatic heterocycles. The van der Waals surface area contributed by atoms with E-state index in [0.29, 0.717) is 10.7 Å². The Morgan fingerprint density at radius 1 is 1.17 bits per heavy atom. The number of thioether (sulfide) groups is 1. The third kappa shape index (κ3) is 4.17. The zero-order chi connectivity index (χ0) is 21.1. The lowest BCUT2D eigenvalue weighted by atomic mass is 10.1. The van der Waals surface area contributed by atoms with Crippen molar-refractivity contribution in [3.8, 4) is 5.69 Å². The van der Waals surface area contributed by atoms with Gasteiger partial charge in [0, 0.05) is 10.7 Å². The van der Waals surface area contributed by atoms with E-state index in [-0.39, 0.29) is 11.7 Å². The molecule has 4 aromatic rings. The third-order valence-corrected chi connectivity index (χ3v) is 6.00. The number of aryl methyl sites for hydroxylation is 2. The monoisotopic (exact) mass is 437 g/mol. The minimum Gasteiger partial charge on any atom is -0.325 e. The summed E-state index contributed by atoms with van der Waals surface area (Å²) in [5.74, 6) is 0.177. The number of carbonyl (C=O) groups is 1. The molecule has 1 N–H and O–H groups in total. The zero-order valence-corrected chi connectivity index (χ0v) is 18.2. The van der Waals surface area contributed by atoms with E-state index in [9.17, 15) is 4.79 Å². The van der Waals surface area contributed by atoms with Crippen molar-refractivity contribution in [2.24, 2.45) is 0 Å². The number of hydrogen-bond donors (Lipinski definition) is 1. The van der Waals surface area contributed by atoms with Crippen molar-refractivity contribution in [3.63, 3.8) is 0 Å². The lowest BCUT2D eigenvalue weighted by Crippen LogP contribution is -2.16. The summed E-state index contributed by atoms with van der Waals surface area (Å²) in [4.78, 5) is 21.3. The summed E-state index contributed by atoms with van der Waals surface area (Å²) in [6.07, 6.45) is 4.08. The van der Waals surface area contributed by atoms with Gasteiger partial charge in [0.2, 0.25) is 5.91 Å². The summed E-state index contributed by atoms with van der Waals surface area (Å²) in [6, 6.07) is 13.4. The highest BCUT2D eigenvalue weighted by Crippen LogP contribution is 2.27. The lowest BCUT2D eigenvalue weighted by Gasteiger charge is -2.12. The van der Waals surface area contributed by atoms with E-state index in [1.807, 2.05) is 49.4 Å². The minimum absolute atomic E-state index is 0.0687. The summed E-state index contributed by atoms with van der Waals surface area (Å²) in [5.41, 5.74) is 4.62. The molecule has 2 heterocycles. The predicted octanol–water partition coefficient (Wildman–Crippen LogP) is 5.07. The second kappa shape index (κ2) is 8.85. The molecule has 6 nitrogen and oxygen atoms in total. The molecule has 1 amide bonds. The van der Waals surface area contributed by atoms with Crippen molar-refractivity contribution < 1.29 is 4.79 Å². The van der Waals surface area contributed by atoms with Crippen molar-refractivity contribution >= 4 is 46.0 Å². The standard InChI is InChI=1S/C22H20ClN5OS/c1-3-15-6-4-5-14(2)20(15)27-19(29)12-30-22-18-11-26-28(21(18)24-13-25-22)17-9-7-16(23)8-10-17/h4-11,13H,3,12H2,1-2H3,(H,27,29). The van der Waals surface area contributed by atoms with Gasteiger partial charge in [-0.05, 0) is 48.7 Å². The van der Waals surface area contributed by atoms with E-state index >= 15 is 0 Å². The molecule has 0 aliphatic carbocycles. The summed E-state index contributed by atoms with van der Waals surface area (Å²) in [5, 5.41) is 9.67. The smallest absolute Gasteiger partial charge is 0.234 e. The van der Waals surface area contributed by atoms with Crippen LogP contribution < -0.4 is 5.32 Å². The molecular weight excluding hydrogens is 418 g/mol. The van der Waals surface area contributed by atoms with Gasteiger partial charge in [-0.15, -0.1) is 0 Å². The second-order valence-electron chi connectivity index (χ2n) is 6.75. The summed E-state index contributed by atoms with van der Waals surface area (Å²) < 4.78 is 1.73. The van der Waals surface area contributed by atoms with E-state index in [1.165, 1.54) is 18.1 Å². The Morgan fingerprint density at radius 3 is 2.73 bits per heavy atom. The van der Waals surface area contributed by atoms with Crippen molar-refractivity contribution in [2.45, 2.75) is 25.3 Å². The van der Waals surface area contributed by atoms with Crippen LogP contribution in [0.4, 0.5) is 5.69 Å². The Bertz CT molecular complexity index is 1210. The summed E-state index contributed by atoms with van der Waals surface area (Å²) in [7, 11) is 0. The number of nitrogens with one attached hydrogen (secondary N) is 1. The fourth-order valence-corrected chi connectivity index (χ4v) is 4.11. The van der Waals surface area contributed by atoms with Crippen molar-refractivity contribution in [3.05, 3.63) is 71.1 Å². The van der Waals surface area contributed by atoms with Gasteiger partial charge < -0.3 is 5.32 Å². The Hall–Kier alpha value is -2.90. The second-order valence-corrected chi connectivity index (χ2v) is 8.15. The van der Waals surface area contributed by atoms with E-state index in [1.54, 1.807) is 10.9 Å². The van der Waals surface area contributed by atoms with E-state index in [4.69, 9.17) is 11.6 Å².